The third-order valence-corrected chi connectivity index (χ3v) is 4.22. The van der Waals surface area contributed by atoms with Crippen LogP contribution in [0.3, 0.4) is 0 Å². The third-order valence-electron chi connectivity index (χ3n) is 3.72. The van der Waals surface area contributed by atoms with Crippen molar-refractivity contribution in [1.29, 1.82) is 0 Å². The average molecular weight is 347 g/mol. The highest BCUT2D eigenvalue weighted by Crippen LogP contribution is 2.33. The first-order valence-electron chi connectivity index (χ1n) is 7.13. The van der Waals surface area contributed by atoms with Crippen LogP contribution in [-0.4, -0.2) is 60.2 Å². The number of methoxy groups -OCH3 is 1. The van der Waals surface area contributed by atoms with Gasteiger partial charge in [0.1, 0.15) is 11.9 Å². The molecule has 7 heteroatoms. The molecule has 0 radical (unpaired) electrons. The van der Waals surface area contributed by atoms with Crippen LogP contribution in [0.25, 0.3) is 0 Å². The Hall–Kier alpha value is -1.01. The Morgan fingerprint density at radius 1 is 1.32 bits per heavy atom. The topological polar surface area (TPSA) is 53.0 Å². The number of hydrogen-bond acceptors (Lipinski definition) is 4. The Morgan fingerprint density at radius 3 is 2.50 bits per heavy atom. The van der Waals surface area contributed by atoms with Gasteiger partial charge in [-0.15, -0.1) is 0 Å². The fraction of sp³-hybridized carbons (Fsp3) is 0.533. The summed E-state index contributed by atoms with van der Waals surface area (Å²) < 4.78 is 5.35. The first kappa shape index (κ1) is 17.3. The smallest absolute Gasteiger partial charge is 0.251 e. The normalized spacial score (nSPS) is 17.4. The summed E-state index contributed by atoms with van der Waals surface area (Å²) in [5, 5.41) is 10.4. The largest absolute Gasteiger partial charge is 0.495 e. The fourth-order valence-electron chi connectivity index (χ4n) is 2.59. The molecule has 1 atom stereocenters. The van der Waals surface area contributed by atoms with Gasteiger partial charge in [-0.3, -0.25) is 9.69 Å². The van der Waals surface area contributed by atoms with E-state index in [0.29, 0.717) is 35.4 Å². The summed E-state index contributed by atoms with van der Waals surface area (Å²) in [4.78, 5) is 15.6. The molecule has 22 heavy (non-hydrogen) atoms. The van der Waals surface area contributed by atoms with Gasteiger partial charge in [0.2, 0.25) is 0 Å². The molecule has 2 rings (SSSR count). The van der Waals surface area contributed by atoms with Gasteiger partial charge in [0.05, 0.1) is 12.1 Å². The molecular weight excluding hydrogens is 327 g/mol. The van der Waals surface area contributed by atoms with Crippen LogP contribution in [0.5, 0.6) is 5.75 Å². The van der Waals surface area contributed by atoms with Crippen molar-refractivity contribution in [3.05, 3.63) is 27.7 Å². The summed E-state index contributed by atoms with van der Waals surface area (Å²) in [6, 6.07) is 3.50. The minimum atomic E-state index is -0.946. The maximum Gasteiger partial charge on any atom is 0.251 e. The Labute approximate surface area is 140 Å². The van der Waals surface area contributed by atoms with Crippen molar-refractivity contribution in [3.63, 3.8) is 0 Å². The van der Waals surface area contributed by atoms with E-state index in [2.05, 4.69) is 4.90 Å². The minimum absolute atomic E-state index is 0.219. The Morgan fingerprint density at radius 2 is 1.95 bits per heavy atom. The molecule has 1 aliphatic heterocycles. The molecule has 1 fully saturated rings. The number of piperazine rings is 1. The molecule has 1 saturated heterocycles. The monoisotopic (exact) mass is 346 g/mol. The first-order chi connectivity index (χ1) is 10.4. The van der Waals surface area contributed by atoms with Crippen LogP contribution >= 0.6 is 23.2 Å². The molecule has 0 saturated carbocycles. The second-order valence-electron chi connectivity index (χ2n) is 5.36. The minimum Gasteiger partial charge on any atom is -0.495 e. The van der Waals surface area contributed by atoms with E-state index in [1.807, 2.05) is 6.07 Å². The second-order valence-corrected chi connectivity index (χ2v) is 6.20. The highest BCUT2D eigenvalue weighted by molar-refractivity contribution is 6.35. The maximum atomic E-state index is 11.8. The van der Waals surface area contributed by atoms with Crippen LogP contribution in [0, 0.1) is 0 Å². The zero-order valence-corrected chi connectivity index (χ0v) is 14.2. The molecule has 1 unspecified atom stereocenters. The Balaban J connectivity index is 2.01. The maximum absolute atomic E-state index is 11.8. The number of ether oxygens (including phenoxy) is 1. The molecule has 0 aromatic heterocycles. The SMILES string of the molecule is COc1c(Cl)cc(Cl)cc1CN1CCN(C(=O)C(C)O)CC1. The number of nitrogens with zero attached hydrogens (tertiary/aromatic N) is 2. The van der Waals surface area contributed by atoms with Crippen molar-refractivity contribution in [3.8, 4) is 5.75 Å². The van der Waals surface area contributed by atoms with E-state index in [1.54, 1.807) is 18.1 Å². The second kappa shape index (κ2) is 7.51. The van der Waals surface area contributed by atoms with Crippen molar-refractivity contribution >= 4 is 29.1 Å². The van der Waals surface area contributed by atoms with Crippen molar-refractivity contribution in [2.45, 2.75) is 19.6 Å². The molecular formula is C15H20Cl2N2O3. The predicted octanol–water partition coefficient (Wildman–Crippen LogP) is 2.03. The Bertz CT molecular complexity index is 544. The van der Waals surface area contributed by atoms with Gasteiger partial charge in [-0.2, -0.15) is 0 Å². The number of aliphatic hydroxyl groups is 1. The van der Waals surface area contributed by atoms with Crippen LogP contribution in [-0.2, 0) is 11.3 Å². The molecule has 1 N–H and O–H groups in total. The lowest BCUT2D eigenvalue weighted by Gasteiger charge is -2.35. The van der Waals surface area contributed by atoms with E-state index in [-0.39, 0.29) is 5.91 Å². The molecule has 1 aliphatic rings. The van der Waals surface area contributed by atoms with E-state index in [1.165, 1.54) is 6.92 Å². The van der Waals surface area contributed by atoms with Crippen molar-refractivity contribution in [2.75, 3.05) is 33.3 Å². The number of carbonyl (C=O) groups is 1. The summed E-state index contributed by atoms with van der Waals surface area (Å²) in [6.45, 7) is 4.80. The zero-order chi connectivity index (χ0) is 16.3. The lowest BCUT2D eigenvalue weighted by Crippen LogP contribution is -2.50. The van der Waals surface area contributed by atoms with Crippen LogP contribution in [0.4, 0.5) is 0 Å². The van der Waals surface area contributed by atoms with Gasteiger partial charge in [0.15, 0.2) is 0 Å². The molecule has 5 nitrogen and oxygen atoms in total. The highest BCUT2D eigenvalue weighted by Gasteiger charge is 2.24. The number of aliphatic hydroxyl groups excluding tert-OH is 1. The van der Waals surface area contributed by atoms with Crippen molar-refractivity contribution in [1.82, 2.24) is 9.80 Å². The van der Waals surface area contributed by atoms with Gasteiger partial charge in [-0.25, -0.2) is 0 Å². The highest BCUT2D eigenvalue weighted by atomic mass is 35.5. The van der Waals surface area contributed by atoms with Gasteiger partial charge < -0.3 is 14.7 Å². The van der Waals surface area contributed by atoms with Gasteiger partial charge in [0, 0.05) is 43.3 Å². The van der Waals surface area contributed by atoms with Crippen LogP contribution in [0.2, 0.25) is 10.0 Å². The lowest BCUT2D eigenvalue weighted by atomic mass is 10.1. The average Bonchev–Trinajstić information content (AvgIpc) is 2.47. The molecule has 1 heterocycles. The van der Waals surface area contributed by atoms with E-state index < -0.39 is 6.10 Å². The number of hydrogen-bond donors (Lipinski definition) is 1. The number of halogens is 2. The number of amides is 1. The van der Waals surface area contributed by atoms with Gasteiger partial charge in [0.25, 0.3) is 5.91 Å². The summed E-state index contributed by atoms with van der Waals surface area (Å²) in [6.07, 6.45) is -0.946. The van der Waals surface area contributed by atoms with Crippen LogP contribution in [0.1, 0.15) is 12.5 Å². The van der Waals surface area contributed by atoms with E-state index in [9.17, 15) is 9.90 Å². The summed E-state index contributed by atoms with van der Waals surface area (Å²) in [5.41, 5.74) is 0.926. The summed E-state index contributed by atoms with van der Waals surface area (Å²) >= 11 is 12.2. The number of rotatable bonds is 4. The van der Waals surface area contributed by atoms with Crippen LogP contribution in [0.15, 0.2) is 12.1 Å². The Kier molecular flexibility index (Phi) is 5.92. The van der Waals surface area contributed by atoms with Crippen molar-refractivity contribution < 1.29 is 14.6 Å². The van der Waals surface area contributed by atoms with Crippen LogP contribution < -0.4 is 4.74 Å². The molecule has 0 aliphatic carbocycles. The molecule has 1 aromatic rings. The van der Waals surface area contributed by atoms with Gasteiger partial charge in [-0.05, 0) is 19.1 Å². The third kappa shape index (κ3) is 4.04. The van der Waals surface area contributed by atoms with E-state index in [0.717, 1.165) is 18.7 Å². The predicted molar refractivity (Wildman–Crippen MR) is 86.6 cm³/mol. The summed E-state index contributed by atoms with van der Waals surface area (Å²) in [7, 11) is 1.58. The summed E-state index contributed by atoms with van der Waals surface area (Å²) in [5.74, 6) is 0.414. The zero-order valence-electron chi connectivity index (χ0n) is 12.7. The number of benzene rings is 1. The van der Waals surface area contributed by atoms with E-state index >= 15 is 0 Å². The number of carbonyl (C=O) groups excluding carboxylic acids is 1. The van der Waals surface area contributed by atoms with Crippen molar-refractivity contribution in [2.24, 2.45) is 0 Å². The molecule has 1 amide bonds. The fourth-order valence-corrected chi connectivity index (χ4v) is 3.20. The molecule has 122 valence electrons. The molecule has 1 aromatic carbocycles. The van der Waals surface area contributed by atoms with Gasteiger partial charge in [-0.1, -0.05) is 23.2 Å². The standard InChI is InChI=1S/C15H20Cl2N2O3/c1-10(20)15(21)19-5-3-18(4-6-19)9-11-7-12(16)8-13(17)14(11)22-2/h7-8,10,20H,3-6,9H2,1-2H3. The lowest BCUT2D eigenvalue weighted by molar-refractivity contribution is -0.141. The molecule has 0 bridgehead atoms. The van der Waals surface area contributed by atoms with Gasteiger partial charge >= 0.3 is 0 Å². The van der Waals surface area contributed by atoms with E-state index in [4.69, 9.17) is 27.9 Å². The quantitative estimate of drug-likeness (QED) is 0.906. The molecule has 0 spiro atoms. The first-order valence-corrected chi connectivity index (χ1v) is 7.89.